The van der Waals surface area contributed by atoms with E-state index in [0.717, 1.165) is 43.0 Å². The van der Waals surface area contributed by atoms with E-state index in [4.69, 9.17) is 14.2 Å². The van der Waals surface area contributed by atoms with Crippen molar-refractivity contribution in [2.75, 3.05) is 40.9 Å². The highest BCUT2D eigenvalue weighted by Crippen LogP contribution is 2.75. The van der Waals surface area contributed by atoms with E-state index in [1.165, 1.54) is 31.0 Å². The van der Waals surface area contributed by atoms with Gasteiger partial charge in [-0.1, -0.05) is 12.1 Å². The molecule has 1 amide bonds. The van der Waals surface area contributed by atoms with E-state index in [2.05, 4.69) is 17.0 Å². The van der Waals surface area contributed by atoms with Crippen LogP contribution in [0.4, 0.5) is 13.2 Å². The van der Waals surface area contributed by atoms with Crippen molar-refractivity contribution >= 4 is 5.91 Å². The Labute approximate surface area is 214 Å². The maximum absolute atomic E-state index is 13.8. The first-order chi connectivity index (χ1) is 17.6. The first-order valence-electron chi connectivity index (χ1n) is 13.3. The number of likely N-dealkylation sites (tertiary alicyclic amines) is 1. The Hall–Kier alpha value is -2.26. The molecule has 7 aliphatic rings. The van der Waals surface area contributed by atoms with E-state index in [1.807, 2.05) is 6.07 Å². The van der Waals surface area contributed by atoms with Gasteiger partial charge in [-0.15, -0.1) is 0 Å². The molecule has 0 aromatic heterocycles. The van der Waals surface area contributed by atoms with Crippen molar-refractivity contribution in [2.24, 2.45) is 11.3 Å². The van der Waals surface area contributed by atoms with Crippen molar-refractivity contribution in [3.63, 3.8) is 0 Å². The summed E-state index contributed by atoms with van der Waals surface area (Å²) in [4.78, 5) is 17.1. The van der Waals surface area contributed by atoms with Crippen LogP contribution in [-0.2, 0) is 21.4 Å². The number of fused-ring (bicyclic) bond motifs is 1. The van der Waals surface area contributed by atoms with Gasteiger partial charge in [-0.3, -0.25) is 9.69 Å². The molecule has 1 saturated heterocycles. The molecule has 2 spiro atoms. The zero-order chi connectivity index (χ0) is 26.0. The van der Waals surface area contributed by atoms with E-state index in [9.17, 15) is 18.0 Å². The Kier molecular flexibility index (Phi) is 4.79. The lowest BCUT2D eigenvalue weighted by Crippen LogP contribution is -2.78. The van der Waals surface area contributed by atoms with Gasteiger partial charge in [0.1, 0.15) is 18.2 Å². The van der Waals surface area contributed by atoms with Gasteiger partial charge in [0, 0.05) is 43.3 Å². The van der Waals surface area contributed by atoms with E-state index in [1.54, 1.807) is 14.2 Å². The highest BCUT2D eigenvalue weighted by atomic mass is 19.4. The third-order valence-electron chi connectivity index (χ3n) is 10.4. The fourth-order valence-electron chi connectivity index (χ4n) is 8.79. The predicted octanol–water partition coefficient (Wildman–Crippen LogP) is 3.86. The molecule has 2 saturated carbocycles. The van der Waals surface area contributed by atoms with Crippen molar-refractivity contribution in [1.82, 2.24) is 9.80 Å². The largest absolute Gasteiger partial charge is 0.493 e. The lowest BCUT2D eigenvalue weighted by atomic mass is 9.37. The SMILES string of the molecule is COc1ccc2c3c1O[C@@H]1[C@]34CCN(CC3CC3)[C@H](C2)[C@@]42C=C(C(=O)N(C)CC(F)(F)F)[C@]1(OC)CC2. The Morgan fingerprint density at radius 3 is 2.68 bits per heavy atom. The lowest BCUT2D eigenvalue weighted by Gasteiger charge is -2.70. The zero-order valence-corrected chi connectivity index (χ0v) is 21.5. The molecule has 2 heterocycles. The normalized spacial score (nSPS) is 37.1. The molecule has 1 aromatic rings. The molecule has 1 aromatic carbocycles. The summed E-state index contributed by atoms with van der Waals surface area (Å²) in [5.41, 5.74) is 0.799. The Morgan fingerprint density at radius 1 is 1.22 bits per heavy atom. The first kappa shape index (κ1) is 23.8. The monoisotopic (exact) mass is 518 g/mol. The van der Waals surface area contributed by atoms with Gasteiger partial charge in [-0.05, 0) is 62.6 Å². The summed E-state index contributed by atoms with van der Waals surface area (Å²) >= 11 is 0. The van der Waals surface area contributed by atoms with Crippen LogP contribution in [0.15, 0.2) is 23.8 Å². The van der Waals surface area contributed by atoms with Crippen LogP contribution in [0.5, 0.6) is 11.5 Å². The number of hydrogen-bond acceptors (Lipinski definition) is 5. The number of benzene rings is 1. The number of nitrogens with zero attached hydrogens (tertiary/aromatic N) is 2. The van der Waals surface area contributed by atoms with Crippen molar-refractivity contribution in [2.45, 2.75) is 67.9 Å². The number of carbonyl (C=O) groups is 1. The highest BCUT2D eigenvalue weighted by molar-refractivity contribution is 5.97. The minimum absolute atomic E-state index is 0.158. The number of likely N-dealkylation sites (N-methyl/N-ethyl adjacent to an activating group) is 1. The highest BCUT2D eigenvalue weighted by Gasteiger charge is 2.79. The van der Waals surface area contributed by atoms with Gasteiger partial charge >= 0.3 is 6.18 Å². The Morgan fingerprint density at radius 2 is 2.00 bits per heavy atom. The van der Waals surface area contributed by atoms with Gasteiger partial charge < -0.3 is 19.1 Å². The Bertz CT molecular complexity index is 1210. The summed E-state index contributed by atoms with van der Waals surface area (Å²) in [6.45, 7) is 0.665. The molecule has 3 fully saturated rings. The number of piperidine rings is 1. The second-order valence-electron chi connectivity index (χ2n) is 12.0. The molecular weight excluding hydrogens is 485 g/mol. The number of rotatable bonds is 6. The van der Waals surface area contributed by atoms with Crippen LogP contribution in [0, 0.1) is 11.3 Å². The molecule has 5 aliphatic carbocycles. The summed E-state index contributed by atoms with van der Waals surface area (Å²) in [7, 11) is 4.41. The smallest absolute Gasteiger partial charge is 0.406 e. The number of halogens is 3. The molecule has 37 heavy (non-hydrogen) atoms. The second-order valence-corrected chi connectivity index (χ2v) is 12.0. The van der Waals surface area contributed by atoms with Crippen molar-refractivity contribution in [1.29, 1.82) is 0 Å². The summed E-state index contributed by atoms with van der Waals surface area (Å²) in [5.74, 6) is 1.46. The molecular formula is C28H33F3N2O4. The van der Waals surface area contributed by atoms with Crippen molar-refractivity contribution in [3.8, 4) is 11.5 Å². The fraction of sp³-hybridized carbons (Fsp3) is 0.679. The number of carbonyl (C=O) groups excluding carboxylic acids is 1. The molecule has 6 nitrogen and oxygen atoms in total. The van der Waals surface area contributed by atoms with Crippen molar-refractivity contribution < 1.29 is 32.2 Å². The molecule has 0 N–H and O–H groups in total. The standard InChI is InChI=1S/C28H33F3N2O4/c1-32(15-28(29,30)31)23(34)18-13-25-8-9-27(18,36-3)24-26(25)10-11-33(14-16-4-5-16)20(25)12-17-6-7-19(35-2)22(37-24)21(17)26/h6-7,13,16,20,24H,4-5,8-12,14-15H2,1-3H3/t20-,24-,25-,26+,27-/m1/s1. The zero-order valence-electron chi connectivity index (χ0n) is 21.5. The Balaban J connectivity index is 1.44. The average Bonchev–Trinajstić information content (AvgIpc) is 3.60. The van der Waals surface area contributed by atoms with Crippen LogP contribution in [0.3, 0.4) is 0 Å². The third kappa shape index (κ3) is 2.87. The van der Waals surface area contributed by atoms with E-state index in [0.29, 0.717) is 23.7 Å². The number of hydrogen-bond donors (Lipinski definition) is 0. The van der Waals surface area contributed by atoms with E-state index >= 15 is 0 Å². The molecule has 8 rings (SSSR count). The summed E-state index contributed by atoms with van der Waals surface area (Å²) < 4.78 is 58.7. The number of methoxy groups -OCH3 is 2. The molecule has 2 aliphatic heterocycles. The van der Waals surface area contributed by atoms with Gasteiger partial charge in [-0.2, -0.15) is 13.2 Å². The number of ether oxygens (including phenoxy) is 3. The predicted molar refractivity (Wildman–Crippen MR) is 129 cm³/mol. The average molecular weight is 519 g/mol. The maximum Gasteiger partial charge on any atom is 0.406 e. The topological polar surface area (TPSA) is 51.2 Å². The summed E-state index contributed by atoms with van der Waals surface area (Å²) in [6, 6.07) is 4.27. The number of alkyl halides is 3. The first-order valence-corrected chi connectivity index (χ1v) is 13.3. The molecule has 0 unspecified atom stereocenters. The van der Waals surface area contributed by atoms with Gasteiger partial charge in [-0.25, -0.2) is 0 Å². The van der Waals surface area contributed by atoms with E-state index in [-0.39, 0.29) is 6.04 Å². The summed E-state index contributed by atoms with van der Waals surface area (Å²) in [5, 5.41) is 0. The molecule has 4 bridgehead atoms. The fourth-order valence-corrected chi connectivity index (χ4v) is 8.79. The minimum atomic E-state index is -4.48. The molecule has 200 valence electrons. The van der Waals surface area contributed by atoms with Gasteiger partial charge in [0.2, 0.25) is 0 Å². The van der Waals surface area contributed by atoms with Gasteiger partial charge in [0.15, 0.2) is 11.5 Å². The number of amides is 1. The van der Waals surface area contributed by atoms with Crippen LogP contribution in [0.1, 0.15) is 43.2 Å². The van der Waals surface area contributed by atoms with Gasteiger partial charge in [0.25, 0.3) is 5.91 Å². The quantitative estimate of drug-likeness (QED) is 0.573. The van der Waals surface area contributed by atoms with Crippen LogP contribution >= 0.6 is 0 Å². The van der Waals surface area contributed by atoms with Crippen LogP contribution < -0.4 is 9.47 Å². The van der Waals surface area contributed by atoms with E-state index < -0.39 is 41.2 Å². The third-order valence-corrected chi connectivity index (χ3v) is 10.4. The molecule has 9 heteroatoms. The van der Waals surface area contributed by atoms with Crippen LogP contribution in [0.25, 0.3) is 0 Å². The maximum atomic E-state index is 13.8. The lowest BCUT2D eigenvalue weighted by molar-refractivity contribution is -0.199. The molecule has 5 atom stereocenters. The second kappa shape index (κ2) is 7.44. The minimum Gasteiger partial charge on any atom is -0.493 e. The van der Waals surface area contributed by atoms with Crippen molar-refractivity contribution in [3.05, 3.63) is 34.9 Å². The van der Waals surface area contributed by atoms with Crippen LogP contribution in [0.2, 0.25) is 0 Å². The van der Waals surface area contributed by atoms with Gasteiger partial charge in [0.05, 0.1) is 12.5 Å². The summed E-state index contributed by atoms with van der Waals surface area (Å²) in [6.07, 6.45) is 2.59. The van der Waals surface area contributed by atoms with Crippen LogP contribution in [-0.4, -0.2) is 80.5 Å². The molecule has 0 radical (unpaired) electrons.